The number of nitrogens with zero attached hydrogens (tertiary/aromatic N) is 2. The van der Waals surface area contributed by atoms with Crippen LogP contribution >= 0.6 is 11.6 Å². The summed E-state index contributed by atoms with van der Waals surface area (Å²) in [6, 6.07) is 12.7. The van der Waals surface area contributed by atoms with Crippen molar-refractivity contribution in [3.63, 3.8) is 0 Å². The standard InChI is InChI=1S/C20H23ClN2O2/c1-22(2)17-4-3-11-23(13-17)20(25)15-7-5-14(6-8-15)18-12-16(21)9-10-19(18)24/h5-10,12,17,24H,3-4,11,13H2,1-2H3/t17-/m1/s1. The van der Waals surface area contributed by atoms with Crippen molar-refractivity contribution in [1.82, 2.24) is 9.80 Å². The Labute approximate surface area is 153 Å². The smallest absolute Gasteiger partial charge is 0.253 e. The minimum absolute atomic E-state index is 0.0633. The summed E-state index contributed by atoms with van der Waals surface area (Å²) in [5.74, 6) is 0.238. The van der Waals surface area contributed by atoms with Crippen LogP contribution in [0.1, 0.15) is 23.2 Å². The molecule has 3 rings (SSSR count). The highest BCUT2D eigenvalue weighted by atomic mass is 35.5. The van der Waals surface area contributed by atoms with Gasteiger partial charge in [0.25, 0.3) is 5.91 Å². The summed E-state index contributed by atoms with van der Waals surface area (Å²) in [5.41, 5.74) is 2.17. The SMILES string of the molecule is CN(C)[C@@H]1CCCN(C(=O)c2ccc(-c3cc(Cl)ccc3O)cc2)C1. The number of benzene rings is 2. The van der Waals surface area contributed by atoms with Gasteiger partial charge in [-0.1, -0.05) is 23.7 Å². The first kappa shape index (κ1) is 17.8. The Morgan fingerprint density at radius 3 is 2.60 bits per heavy atom. The van der Waals surface area contributed by atoms with Gasteiger partial charge in [-0.2, -0.15) is 0 Å². The predicted octanol–water partition coefficient (Wildman–Crippen LogP) is 3.88. The third-order valence-electron chi connectivity index (χ3n) is 4.82. The van der Waals surface area contributed by atoms with Gasteiger partial charge in [0.15, 0.2) is 0 Å². The molecular weight excluding hydrogens is 336 g/mol. The van der Waals surface area contributed by atoms with Crippen LogP contribution in [0.4, 0.5) is 0 Å². The van der Waals surface area contributed by atoms with Crippen LogP contribution in [-0.2, 0) is 0 Å². The third kappa shape index (κ3) is 3.97. The molecule has 1 atom stereocenters. The van der Waals surface area contributed by atoms with E-state index in [9.17, 15) is 9.90 Å². The van der Waals surface area contributed by atoms with Crippen LogP contribution in [0.15, 0.2) is 42.5 Å². The molecular formula is C20H23ClN2O2. The summed E-state index contributed by atoms with van der Waals surface area (Å²) in [5, 5.41) is 10.6. The number of rotatable bonds is 3. The van der Waals surface area contributed by atoms with Gasteiger partial charge in [0, 0.05) is 35.3 Å². The third-order valence-corrected chi connectivity index (χ3v) is 5.05. The summed E-state index contributed by atoms with van der Waals surface area (Å²) < 4.78 is 0. The molecule has 0 spiro atoms. The number of piperidine rings is 1. The number of hydrogen-bond acceptors (Lipinski definition) is 3. The summed E-state index contributed by atoms with van der Waals surface area (Å²) in [4.78, 5) is 16.9. The highest BCUT2D eigenvalue weighted by Gasteiger charge is 2.25. The van der Waals surface area contributed by atoms with E-state index in [0.29, 0.717) is 22.2 Å². The van der Waals surface area contributed by atoms with Gasteiger partial charge in [0.2, 0.25) is 0 Å². The molecule has 0 aliphatic carbocycles. The molecule has 0 unspecified atom stereocenters. The first-order chi connectivity index (χ1) is 12.0. The van der Waals surface area contributed by atoms with Gasteiger partial charge in [-0.05, 0) is 62.8 Å². The Morgan fingerprint density at radius 2 is 1.92 bits per heavy atom. The molecule has 5 heteroatoms. The molecule has 0 saturated carbocycles. The quantitative estimate of drug-likeness (QED) is 0.905. The van der Waals surface area contributed by atoms with E-state index in [1.807, 2.05) is 29.2 Å². The van der Waals surface area contributed by atoms with E-state index < -0.39 is 0 Å². The van der Waals surface area contributed by atoms with Crippen molar-refractivity contribution in [3.05, 3.63) is 53.1 Å². The van der Waals surface area contributed by atoms with Crippen LogP contribution in [0.3, 0.4) is 0 Å². The van der Waals surface area contributed by atoms with Gasteiger partial charge in [-0.25, -0.2) is 0 Å². The van der Waals surface area contributed by atoms with Crippen molar-refractivity contribution in [2.24, 2.45) is 0 Å². The summed E-state index contributed by atoms with van der Waals surface area (Å²) in [6.07, 6.45) is 2.16. The molecule has 1 heterocycles. The Morgan fingerprint density at radius 1 is 1.20 bits per heavy atom. The molecule has 4 nitrogen and oxygen atoms in total. The number of phenols is 1. The van der Waals surface area contributed by atoms with E-state index in [4.69, 9.17) is 11.6 Å². The van der Waals surface area contributed by atoms with Gasteiger partial charge in [0.1, 0.15) is 5.75 Å². The molecule has 0 aromatic heterocycles. The largest absolute Gasteiger partial charge is 0.507 e. The van der Waals surface area contributed by atoms with Crippen LogP contribution in [0.25, 0.3) is 11.1 Å². The number of halogens is 1. The molecule has 1 aliphatic heterocycles. The Kier molecular flexibility index (Phi) is 5.30. The zero-order chi connectivity index (χ0) is 18.0. The van der Waals surface area contributed by atoms with E-state index in [1.54, 1.807) is 18.2 Å². The van der Waals surface area contributed by atoms with E-state index in [2.05, 4.69) is 19.0 Å². The lowest BCUT2D eigenvalue weighted by Crippen LogP contribution is -2.47. The second-order valence-electron chi connectivity index (χ2n) is 6.75. The maximum absolute atomic E-state index is 12.8. The Balaban J connectivity index is 1.78. The van der Waals surface area contributed by atoms with Crippen molar-refractivity contribution >= 4 is 17.5 Å². The van der Waals surface area contributed by atoms with E-state index in [0.717, 1.165) is 31.5 Å². The summed E-state index contributed by atoms with van der Waals surface area (Å²) in [7, 11) is 4.12. The molecule has 0 radical (unpaired) electrons. The van der Waals surface area contributed by atoms with E-state index >= 15 is 0 Å². The molecule has 25 heavy (non-hydrogen) atoms. The number of hydrogen-bond donors (Lipinski definition) is 1. The predicted molar refractivity (Wildman–Crippen MR) is 101 cm³/mol. The number of phenolic OH excluding ortho intramolecular Hbond substituents is 1. The van der Waals surface area contributed by atoms with Crippen LogP contribution < -0.4 is 0 Å². The summed E-state index contributed by atoms with van der Waals surface area (Å²) >= 11 is 6.01. The highest BCUT2D eigenvalue weighted by molar-refractivity contribution is 6.31. The maximum Gasteiger partial charge on any atom is 0.253 e. The van der Waals surface area contributed by atoms with Gasteiger partial charge >= 0.3 is 0 Å². The Bertz CT molecular complexity index is 759. The van der Waals surface area contributed by atoms with Crippen molar-refractivity contribution < 1.29 is 9.90 Å². The first-order valence-corrected chi connectivity index (χ1v) is 8.88. The van der Waals surface area contributed by atoms with Crippen LogP contribution in [0, 0.1) is 0 Å². The maximum atomic E-state index is 12.8. The molecule has 1 fully saturated rings. The molecule has 1 N–H and O–H groups in total. The molecule has 2 aromatic carbocycles. The summed E-state index contributed by atoms with van der Waals surface area (Å²) in [6.45, 7) is 1.57. The fourth-order valence-corrected chi connectivity index (χ4v) is 3.45. The van der Waals surface area contributed by atoms with Gasteiger partial charge in [-0.3, -0.25) is 4.79 Å². The van der Waals surface area contributed by atoms with Crippen molar-refractivity contribution in [2.45, 2.75) is 18.9 Å². The topological polar surface area (TPSA) is 43.8 Å². The molecule has 0 bridgehead atoms. The number of carbonyl (C=O) groups is 1. The minimum atomic E-state index is 0.0633. The van der Waals surface area contributed by atoms with Crippen LogP contribution in [0.2, 0.25) is 5.02 Å². The number of likely N-dealkylation sites (tertiary alicyclic amines) is 1. The fraction of sp³-hybridized carbons (Fsp3) is 0.350. The molecule has 1 saturated heterocycles. The highest BCUT2D eigenvalue weighted by Crippen LogP contribution is 2.32. The molecule has 2 aromatic rings. The number of aromatic hydroxyl groups is 1. The van der Waals surface area contributed by atoms with Gasteiger partial charge in [-0.15, -0.1) is 0 Å². The average molecular weight is 359 g/mol. The van der Waals surface area contributed by atoms with Crippen molar-refractivity contribution in [1.29, 1.82) is 0 Å². The van der Waals surface area contributed by atoms with Crippen molar-refractivity contribution in [3.8, 4) is 16.9 Å². The normalized spacial score (nSPS) is 17.8. The second-order valence-corrected chi connectivity index (χ2v) is 7.19. The average Bonchev–Trinajstić information content (AvgIpc) is 2.63. The monoisotopic (exact) mass is 358 g/mol. The number of likely N-dealkylation sites (N-methyl/N-ethyl adjacent to an activating group) is 1. The lowest BCUT2D eigenvalue weighted by atomic mass is 10.0. The van der Waals surface area contributed by atoms with Gasteiger partial charge in [0.05, 0.1) is 0 Å². The number of amides is 1. The lowest BCUT2D eigenvalue weighted by Gasteiger charge is -2.36. The van der Waals surface area contributed by atoms with E-state index in [-0.39, 0.29) is 11.7 Å². The van der Waals surface area contributed by atoms with E-state index in [1.165, 1.54) is 0 Å². The van der Waals surface area contributed by atoms with Crippen LogP contribution in [-0.4, -0.2) is 54.0 Å². The van der Waals surface area contributed by atoms with Gasteiger partial charge < -0.3 is 14.9 Å². The molecule has 1 amide bonds. The lowest BCUT2D eigenvalue weighted by molar-refractivity contribution is 0.0635. The molecule has 132 valence electrons. The molecule has 1 aliphatic rings. The van der Waals surface area contributed by atoms with Crippen molar-refractivity contribution in [2.75, 3.05) is 27.2 Å². The fourth-order valence-electron chi connectivity index (χ4n) is 3.28. The zero-order valence-electron chi connectivity index (χ0n) is 14.6. The number of carbonyl (C=O) groups excluding carboxylic acids is 1. The minimum Gasteiger partial charge on any atom is -0.507 e. The zero-order valence-corrected chi connectivity index (χ0v) is 15.3. The second kappa shape index (κ2) is 7.46. The van der Waals surface area contributed by atoms with Crippen LogP contribution in [0.5, 0.6) is 5.75 Å². The first-order valence-electron chi connectivity index (χ1n) is 8.50. The Hall–Kier alpha value is -2.04.